The van der Waals surface area contributed by atoms with E-state index in [1.54, 1.807) is 43.3 Å². The minimum atomic E-state index is -0.602. The summed E-state index contributed by atoms with van der Waals surface area (Å²) in [6.07, 6.45) is 0. The zero-order valence-electron chi connectivity index (χ0n) is 14.3. The molecule has 0 fully saturated rings. The van der Waals surface area contributed by atoms with Crippen molar-refractivity contribution in [3.8, 4) is 17.0 Å². The van der Waals surface area contributed by atoms with Crippen molar-refractivity contribution in [2.45, 2.75) is 6.92 Å². The van der Waals surface area contributed by atoms with E-state index in [0.717, 1.165) is 0 Å². The van der Waals surface area contributed by atoms with Gasteiger partial charge in [-0.1, -0.05) is 47.6 Å². The molecule has 0 saturated carbocycles. The van der Waals surface area contributed by atoms with Gasteiger partial charge in [-0.05, 0) is 19.1 Å². The highest BCUT2D eigenvalue weighted by atomic mass is 16.5. The van der Waals surface area contributed by atoms with Crippen LogP contribution in [0, 0.1) is 6.92 Å². The van der Waals surface area contributed by atoms with Crippen molar-refractivity contribution < 1.29 is 14.4 Å². The molecule has 27 heavy (non-hydrogen) atoms. The average molecular weight is 361 g/mol. The average Bonchev–Trinajstić information content (AvgIpc) is 3.07. The SMILES string of the molecule is Cc1onc(-c2ccccc2)c1C(=O)Nc1c(O)c2ccccc2[nH]c1=O. The fourth-order valence-electron chi connectivity index (χ4n) is 2.95. The van der Waals surface area contributed by atoms with Gasteiger partial charge in [-0.2, -0.15) is 0 Å². The number of H-pyrrole nitrogens is 1. The minimum Gasteiger partial charge on any atom is -0.505 e. The number of hydrogen-bond acceptors (Lipinski definition) is 5. The summed E-state index contributed by atoms with van der Waals surface area (Å²) in [5.74, 6) is -0.579. The van der Waals surface area contributed by atoms with E-state index in [2.05, 4.69) is 15.5 Å². The maximum atomic E-state index is 12.9. The van der Waals surface area contributed by atoms with Crippen LogP contribution in [0.2, 0.25) is 0 Å². The van der Waals surface area contributed by atoms with Crippen molar-refractivity contribution in [3.63, 3.8) is 0 Å². The van der Waals surface area contributed by atoms with Crippen LogP contribution >= 0.6 is 0 Å². The van der Waals surface area contributed by atoms with Crippen LogP contribution in [0.1, 0.15) is 16.1 Å². The van der Waals surface area contributed by atoms with Gasteiger partial charge in [0.25, 0.3) is 11.5 Å². The van der Waals surface area contributed by atoms with E-state index in [1.165, 1.54) is 0 Å². The number of anilines is 1. The summed E-state index contributed by atoms with van der Waals surface area (Å²) in [5.41, 5.74) is 0.920. The van der Waals surface area contributed by atoms with Crippen molar-refractivity contribution in [2.75, 3.05) is 5.32 Å². The normalized spacial score (nSPS) is 10.9. The Bertz CT molecular complexity index is 1210. The summed E-state index contributed by atoms with van der Waals surface area (Å²) in [5, 5.41) is 17.3. The molecule has 7 heteroatoms. The highest BCUT2D eigenvalue weighted by Gasteiger charge is 2.24. The number of fused-ring (bicyclic) bond motifs is 1. The van der Waals surface area contributed by atoms with Gasteiger partial charge in [0.15, 0.2) is 11.4 Å². The third kappa shape index (κ3) is 2.85. The van der Waals surface area contributed by atoms with Crippen LogP contribution < -0.4 is 10.9 Å². The maximum absolute atomic E-state index is 12.9. The van der Waals surface area contributed by atoms with E-state index < -0.39 is 11.5 Å². The molecule has 0 unspecified atom stereocenters. The molecule has 4 aromatic rings. The first-order chi connectivity index (χ1) is 13.1. The molecule has 2 aromatic heterocycles. The number of aromatic amines is 1. The quantitative estimate of drug-likeness (QED) is 0.518. The predicted octanol–water partition coefficient (Wildman–Crippen LogP) is 3.45. The Hall–Kier alpha value is -3.87. The second kappa shape index (κ2) is 6.45. The lowest BCUT2D eigenvalue weighted by Gasteiger charge is -2.09. The van der Waals surface area contributed by atoms with E-state index in [1.807, 2.05) is 18.2 Å². The predicted molar refractivity (Wildman–Crippen MR) is 101 cm³/mol. The van der Waals surface area contributed by atoms with Gasteiger partial charge >= 0.3 is 0 Å². The Morgan fingerprint density at radius 1 is 1.11 bits per heavy atom. The number of aromatic hydroxyl groups is 1. The Balaban J connectivity index is 1.78. The van der Waals surface area contributed by atoms with E-state index >= 15 is 0 Å². The lowest BCUT2D eigenvalue weighted by Crippen LogP contribution is -2.21. The molecule has 7 nitrogen and oxygen atoms in total. The highest BCUT2D eigenvalue weighted by molar-refractivity contribution is 6.10. The molecule has 0 aliphatic heterocycles. The fourth-order valence-corrected chi connectivity index (χ4v) is 2.95. The Labute approximate surface area is 153 Å². The number of nitrogens with zero attached hydrogens (tertiary/aromatic N) is 1. The third-order valence-electron chi connectivity index (χ3n) is 4.27. The largest absolute Gasteiger partial charge is 0.505 e. The Kier molecular flexibility index (Phi) is 3.97. The van der Waals surface area contributed by atoms with Gasteiger partial charge in [-0.15, -0.1) is 0 Å². The summed E-state index contributed by atoms with van der Waals surface area (Å²) >= 11 is 0. The standard InChI is InChI=1S/C20H15N3O4/c1-11-15(16(23-27-11)12-7-3-2-4-8-12)19(25)22-17-18(24)13-9-5-6-10-14(13)21-20(17)26/h2-10H,1H3,(H,22,25)(H2,21,24,26). The monoisotopic (exact) mass is 361 g/mol. The minimum absolute atomic E-state index is 0.202. The van der Waals surface area contributed by atoms with E-state index in [9.17, 15) is 14.7 Å². The summed E-state index contributed by atoms with van der Waals surface area (Å²) < 4.78 is 5.18. The number of benzene rings is 2. The van der Waals surface area contributed by atoms with Gasteiger partial charge in [-0.3, -0.25) is 9.59 Å². The highest BCUT2D eigenvalue weighted by Crippen LogP contribution is 2.30. The van der Waals surface area contributed by atoms with E-state index in [4.69, 9.17) is 4.52 Å². The number of hydrogen-bond donors (Lipinski definition) is 3. The number of pyridine rings is 1. The van der Waals surface area contributed by atoms with Crippen molar-refractivity contribution in [3.05, 3.63) is 76.3 Å². The lowest BCUT2D eigenvalue weighted by atomic mass is 10.1. The number of amides is 1. The van der Waals surface area contributed by atoms with Crippen LogP contribution in [0.5, 0.6) is 5.75 Å². The first kappa shape index (κ1) is 16.6. The summed E-state index contributed by atoms with van der Waals surface area (Å²) in [6, 6.07) is 15.9. The third-order valence-corrected chi connectivity index (χ3v) is 4.27. The molecule has 0 aliphatic rings. The molecule has 2 heterocycles. The van der Waals surface area contributed by atoms with Crippen LogP contribution in [0.15, 0.2) is 63.9 Å². The molecule has 0 aliphatic carbocycles. The molecule has 0 radical (unpaired) electrons. The van der Waals surface area contributed by atoms with Crippen LogP contribution in [0.3, 0.4) is 0 Å². The number of nitrogens with one attached hydrogen (secondary N) is 2. The first-order valence-corrected chi connectivity index (χ1v) is 8.23. The number of rotatable bonds is 3. The number of carbonyl (C=O) groups is 1. The Morgan fingerprint density at radius 3 is 2.59 bits per heavy atom. The number of aryl methyl sites for hydroxylation is 1. The number of carbonyl (C=O) groups excluding carboxylic acids is 1. The smallest absolute Gasteiger partial charge is 0.276 e. The topological polar surface area (TPSA) is 108 Å². The molecular weight excluding hydrogens is 346 g/mol. The second-order valence-electron chi connectivity index (χ2n) is 6.01. The molecule has 134 valence electrons. The number of aromatic nitrogens is 2. The molecule has 2 aromatic carbocycles. The van der Waals surface area contributed by atoms with Gasteiger partial charge in [0.1, 0.15) is 17.0 Å². The van der Waals surface area contributed by atoms with Gasteiger partial charge in [-0.25, -0.2) is 0 Å². The lowest BCUT2D eigenvalue weighted by molar-refractivity contribution is 0.102. The van der Waals surface area contributed by atoms with Crippen molar-refractivity contribution in [2.24, 2.45) is 0 Å². The summed E-state index contributed by atoms with van der Waals surface area (Å²) in [7, 11) is 0. The first-order valence-electron chi connectivity index (χ1n) is 8.23. The molecule has 1 amide bonds. The van der Waals surface area contributed by atoms with Crippen LogP contribution in [0.4, 0.5) is 5.69 Å². The van der Waals surface area contributed by atoms with Gasteiger partial charge in [0.05, 0.1) is 5.52 Å². The molecule has 0 spiro atoms. The molecular formula is C20H15N3O4. The second-order valence-corrected chi connectivity index (χ2v) is 6.01. The van der Waals surface area contributed by atoms with Gasteiger partial charge in [0, 0.05) is 10.9 Å². The molecule has 0 saturated heterocycles. The van der Waals surface area contributed by atoms with Crippen LogP contribution in [0.25, 0.3) is 22.2 Å². The number of para-hydroxylation sites is 1. The van der Waals surface area contributed by atoms with E-state index in [0.29, 0.717) is 27.9 Å². The van der Waals surface area contributed by atoms with Crippen molar-refractivity contribution in [1.29, 1.82) is 0 Å². The molecule has 3 N–H and O–H groups in total. The van der Waals surface area contributed by atoms with Crippen molar-refractivity contribution >= 4 is 22.5 Å². The van der Waals surface area contributed by atoms with Crippen LogP contribution in [-0.2, 0) is 0 Å². The van der Waals surface area contributed by atoms with Gasteiger partial charge in [0.2, 0.25) is 0 Å². The summed E-state index contributed by atoms with van der Waals surface area (Å²) in [4.78, 5) is 27.8. The summed E-state index contributed by atoms with van der Waals surface area (Å²) in [6.45, 7) is 1.61. The Morgan fingerprint density at radius 2 is 1.81 bits per heavy atom. The maximum Gasteiger partial charge on any atom is 0.276 e. The zero-order chi connectivity index (χ0) is 19.0. The van der Waals surface area contributed by atoms with Crippen LogP contribution in [-0.4, -0.2) is 21.2 Å². The zero-order valence-corrected chi connectivity index (χ0v) is 14.3. The van der Waals surface area contributed by atoms with Gasteiger partial charge < -0.3 is 19.9 Å². The fraction of sp³-hybridized carbons (Fsp3) is 0.0500. The molecule has 4 rings (SSSR count). The van der Waals surface area contributed by atoms with Crippen molar-refractivity contribution in [1.82, 2.24) is 10.1 Å². The molecule has 0 atom stereocenters. The molecule has 0 bridgehead atoms. The van der Waals surface area contributed by atoms with E-state index in [-0.39, 0.29) is 17.0 Å².